The molecule has 47 heavy (non-hydrogen) atoms. The fraction of sp³-hybridized carbons (Fsp3) is 1.00. The van der Waals surface area contributed by atoms with Crippen LogP contribution < -0.4 is 0 Å². The quantitative estimate of drug-likeness (QED) is 0.268. The van der Waals surface area contributed by atoms with Crippen molar-refractivity contribution in [3.8, 4) is 0 Å². The highest BCUT2D eigenvalue weighted by atomic mass is 14.7. The normalized spacial score (nSPS) is 52.9. The van der Waals surface area contributed by atoms with Crippen LogP contribution in [0.4, 0.5) is 0 Å². The van der Waals surface area contributed by atoms with E-state index in [-0.39, 0.29) is 0 Å². The lowest BCUT2D eigenvalue weighted by molar-refractivity contribution is -0.251. The van der Waals surface area contributed by atoms with Gasteiger partial charge >= 0.3 is 0 Å². The minimum Gasteiger partial charge on any atom is -0.0625 e. The summed E-state index contributed by atoms with van der Waals surface area (Å²) in [7, 11) is 0. The molecule has 5 fully saturated rings. The standard InChI is InChI=1S/C47H86/c1-27(2)38-23-37(21-30(6)20-36-19-18-29(5)22-40(36)44(12,13)14)32(8)42-33(9)43-35(11)47(17)34(10)41(28(3)4)31(7)24-46(47,16)26-45(43,15)25-39(38)42/h27-43H,18-26H2,1-17H3. The summed E-state index contributed by atoms with van der Waals surface area (Å²) in [4.78, 5) is 0. The first-order valence-electron chi connectivity index (χ1n) is 21.6. The molecular formula is C47H86. The van der Waals surface area contributed by atoms with Crippen molar-refractivity contribution in [3.05, 3.63) is 0 Å². The van der Waals surface area contributed by atoms with Gasteiger partial charge in [0.05, 0.1) is 0 Å². The molecule has 5 rings (SSSR count). The van der Waals surface area contributed by atoms with E-state index in [9.17, 15) is 0 Å². The third-order valence-corrected chi connectivity index (χ3v) is 18.6. The van der Waals surface area contributed by atoms with Crippen LogP contribution in [0.5, 0.6) is 0 Å². The molecule has 18 unspecified atom stereocenters. The van der Waals surface area contributed by atoms with Crippen molar-refractivity contribution in [2.24, 2.45) is 122 Å². The Morgan fingerprint density at radius 1 is 0.702 bits per heavy atom. The lowest BCUT2D eigenvalue weighted by atomic mass is 9.31. The number of rotatable bonds is 6. The minimum atomic E-state index is 0.435. The van der Waals surface area contributed by atoms with Gasteiger partial charge in [-0.15, -0.1) is 0 Å². The summed E-state index contributed by atoms with van der Waals surface area (Å²) in [5.41, 5.74) is 1.83. The van der Waals surface area contributed by atoms with Crippen LogP contribution in [0, 0.1) is 122 Å². The molecule has 5 aliphatic carbocycles. The van der Waals surface area contributed by atoms with Gasteiger partial charge in [0.1, 0.15) is 0 Å². The second-order valence-corrected chi connectivity index (χ2v) is 23.1. The first-order valence-corrected chi connectivity index (χ1v) is 21.6. The third-order valence-electron chi connectivity index (χ3n) is 18.6. The van der Waals surface area contributed by atoms with Crippen molar-refractivity contribution in [1.82, 2.24) is 0 Å². The van der Waals surface area contributed by atoms with E-state index in [0.717, 1.165) is 101 Å². The average Bonchev–Trinajstić information content (AvgIpc) is 2.92. The summed E-state index contributed by atoms with van der Waals surface area (Å²) in [6.45, 7) is 45.2. The van der Waals surface area contributed by atoms with E-state index >= 15 is 0 Å². The molecule has 0 heterocycles. The van der Waals surface area contributed by atoms with Crippen LogP contribution in [0.2, 0.25) is 0 Å². The molecule has 0 aromatic heterocycles. The number of hydrogen-bond acceptors (Lipinski definition) is 0. The van der Waals surface area contributed by atoms with Gasteiger partial charge in [-0.1, -0.05) is 124 Å². The summed E-state index contributed by atoms with van der Waals surface area (Å²) in [5.74, 6) is 14.8. The van der Waals surface area contributed by atoms with Gasteiger partial charge in [0.25, 0.3) is 0 Å². The van der Waals surface area contributed by atoms with Crippen molar-refractivity contribution < 1.29 is 0 Å². The summed E-state index contributed by atoms with van der Waals surface area (Å²) in [6, 6.07) is 0. The molecule has 0 saturated heterocycles. The molecule has 0 heteroatoms. The Balaban J connectivity index is 1.41. The van der Waals surface area contributed by atoms with E-state index in [0.29, 0.717) is 21.7 Å². The van der Waals surface area contributed by atoms with Crippen LogP contribution in [0.25, 0.3) is 0 Å². The fourth-order valence-electron chi connectivity index (χ4n) is 16.9. The van der Waals surface area contributed by atoms with Gasteiger partial charge in [-0.2, -0.15) is 0 Å². The number of hydrogen-bond donors (Lipinski definition) is 0. The Morgan fingerprint density at radius 3 is 1.89 bits per heavy atom. The van der Waals surface area contributed by atoms with E-state index in [1.807, 2.05) is 0 Å². The summed E-state index contributed by atoms with van der Waals surface area (Å²) >= 11 is 0. The Labute approximate surface area is 296 Å². The predicted octanol–water partition coefficient (Wildman–Crippen LogP) is 14.3. The van der Waals surface area contributed by atoms with Gasteiger partial charge in [0, 0.05) is 0 Å². The Kier molecular flexibility index (Phi) is 10.7. The van der Waals surface area contributed by atoms with Crippen LogP contribution in [-0.4, -0.2) is 0 Å². The maximum atomic E-state index is 2.82. The molecule has 0 aromatic carbocycles. The van der Waals surface area contributed by atoms with Crippen LogP contribution in [0.3, 0.4) is 0 Å². The maximum Gasteiger partial charge on any atom is -0.0215 e. The van der Waals surface area contributed by atoms with Gasteiger partial charge in [0.2, 0.25) is 0 Å². The molecule has 0 aromatic rings. The van der Waals surface area contributed by atoms with Crippen LogP contribution >= 0.6 is 0 Å². The molecule has 0 spiro atoms. The van der Waals surface area contributed by atoms with E-state index < -0.39 is 0 Å². The zero-order valence-corrected chi connectivity index (χ0v) is 35.2. The van der Waals surface area contributed by atoms with Crippen molar-refractivity contribution in [2.45, 2.75) is 175 Å². The minimum absolute atomic E-state index is 0.435. The SMILES string of the molecule is CC(CC1CC(C(C)C)C2CC3(C)CC4(C)CC(C)C(C(C)C)C(C)C4(C)C(C)C3C(C)C2C1C)CC1CCC(C)CC1C(C)(C)C. The molecular weight excluding hydrogens is 565 g/mol. The van der Waals surface area contributed by atoms with Crippen LogP contribution in [0.1, 0.15) is 175 Å². The molecule has 274 valence electrons. The summed E-state index contributed by atoms with van der Waals surface area (Å²) in [5, 5.41) is 0. The Morgan fingerprint density at radius 2 is 1.32 bits per heavy atom. The molecule has 0 bridgehead atoms. The lowest BCUT2D eigenvalue weighted by Crippen LogP contribution is -2.67. The molecule has 18 atom stereocenters. The van der Waals surface area contributed by atoms with Gasteiger partial charge in [-0.05, 0) is 174 Å². The van der Waals surface area contributed by atoms with Crippen molar-refractivity contribution in [1.29, 1.82) is 0 Å². The monoisotopic (exact) mass is 651 g/mol. The van der Waals surface area contributed by atoms with E-state index in [1.54, 1.807) is 0 Å². The van der Waals surface area contributed by atoms with Gasteiger partial charge < -0.3 is 0 Å². The van der Waals surface area contributed by atoms with E-state index in [4.69, 9.17) is 0 Å². The summed E-state index contributed by atoms with van der Waals surface area (Å²) < 4.78 is 0. The topological polar surface area (TPSA) is 0 Å². The molecule has 0 N–H and O–H groups in total. The highest BCUT2D eigenvalue weighted by molar-refractivity contribution is 5.17. The van der Waals surface area contributed by atoms with E-state index in [1.165, 1.54) is 57.8 Å². The largest absolute Gasteiger partial charge is 0.0625 e. The molecule has 0 amide bonds. The first-order chi connectivity index (χ1) is 21.6. The Hall–Kier alpha value is 0. The second-order valence-electron chi connectivity index (χ2n) is 23.1. The van der Waals surface area contributed by atoms with Gasteiger partial charge in [-0.3, -0.25) is 0 Å². The zero-order chi connectivity index (χ0) is 35.2. The van der Waals surface area contributed by atoms with Crippen molar-refractivity contribution >= 4 is 0 Å². The molecule has 0 aliphatic heterocycles. The Bertz CT molecular complexity index is 1060. The van der Waals surface area contributed by atoms with Gasteiger partial charge in [-0.25, -0.2) is 0 Å². The van der Waals surface area contributed by atoms with Crippen molar-refractivity contribution in [3.63, 3.8) is 0 Å². The first kappa shape index (κ1) is 38.2. The smallest absolute Gasteiger partial charge is 0.0215 e. The average molecular weight is 651 g/mol. The van der Waals surface area contributed by atoms with Gasteiger partial charge in [0.15, 0.2) is 0 Å². The number of fused-ring (bicyclic) bond motifs is 3. The van der Waals surface area contributed by atoms with E-state index in [2.05, 4.69) is 118 Å². The van der Waals surface area contributed by atoms with Crippen LogP contribution in [-0.2, 0) is 0 Å². The zero-order valence-electron chi connectivity index (χ0n) is 35.2. The predicted molar refractivity (Wildman–Crippen MR) is 207 cm³/mol. The molecule has 0 radical (unpaired) electrons. The summed E-state index contributed by atoms with van der Waals surface area (Å²) in [6.07, 6.45) is 13.3. The molecule has 0 nitrogen and oxygen atoms in total. The maximum absolute atomic E-state index is 2.82. The lowest BCUT2D eigenvalue weighted by Gasteiger charge is -2.73. The fourth-order valence-corrected chi connectivity index (χ4v) is 16.9. The highest BCUT2D eigenvalue weighted by Gasteiger charge is 2.69. The third kappa shape index (κ3) is 6.40. The molecule has 5 aliphatic rings. The second kappa shape index (κ2) is 13.2. The van der Waals surface area contributed by atoms with Crippen molar-refractivity contribution in [2.75, 3.05) is 0 Å². The molecule has 5 saturated carbocycles. The highest BCUT2D eigenvalue weighted by Crippen LogP contribution is 2.75. The van der Waals surface area contributed by atoms with Crippen LogP contribution in [0.15, 0.2) is 0 Å².